The molecule has 0 bridgehead atoms. The Morgan fingerprint density at radius 1 is 1.33 bits per heavy atom. The smallest absolute Gasteiger partial charge is 0.124 e. The molecular formula is C15H21N3. The van der Waals surface area contributed by atoms with Crippen LogP contribution in [0.2, 0.25) is 0 Å². The molecule has 1 atom stereocenters. The van der Waals surface area contributed by atoms with E-state index < -0.39 is 0 Å². The molecule has 1 N–H and O–H groups in total. The Morgan fingerprint density at radius 3 is 2.83 bits per heavy atom. The molecule has 18 heavy (non-hydrogen) atoms. The van der Waals surface area contributed by atoms with Crippen LogP contribution in [0.25, 0.3) is 11.0 Å². The fraction of sp³-hybridized carbons (Fsp3) is 0.533. The Kier molecular flexibility index (Phi) is 3.08. The molecule has 0 aliphatic carbocycles. The van der Waals surface area contributed by atoms with E-state index in [2.05, 4.69) is 41.9 Å². The molecule has 96 valence electrons. The predicted octanol–water partition coefficient (Wildman–Crippen LogP) is 3.42. The van der Waals surface area contributed by atoms with Gasteiger partial charge in [0.1, 0.15) is 5.82 Å². The van der Waals surface area contributed by atoms with Gasteiger partial charge in [-0.2, -0.15) is 0 Å². The van der Waals surface area contributed by atoms with Gasteiger partial charge in [-0.25, -0.2) is 4.98 Å². The summed E-state index contributed by atoms with van der Waals surface area (Å²) in [6.07, 6.45) is 3.78. The maximum absolute atomic E-state index is 4.77. The summed E-state index contributed by atoms with van der Waals surface area (Å²) in [7, 11) is 0. The van der Waals surface area contributed by atoms with Crippen molar-refractivity contribution < 1.29 is 0 Å². The molecule has 1 aliphatic rings. The first kappa shape index (κ1) is 11.7. The summed E-state index contributed by atoms with van der Waals surface area (Å²) < 4.78 is 0. The molecule has 0 radical (unpaired) electrons. The second-order valence-corrected chi connectivity index (χ2v) is 5.31. The zero-order valence-corrected chi connectivity index (χ0v) is 11.2. The van der Waals surface area contributed by atoms with Gasteiger partial charge in [0.2, 0.25) is 0 Å². The highest BCUT2D eigenvalue weighted by molar-refractivity contribution is 5.75. The van der Waals surface area contributed by atoms with Gasteiger partial charge < -0.3 is 4.98 Å². The van der Waals surface area contributed by atoms with Crippen LogP contribution in [0.1, 0.15) is 43.6 Å². The van der Waals surface area contributed by atoms with E-state index in [1.807, 2.05) is 0 Å². The molecule has 3 rings (SSSR count). The van der Waals surface area contributed by atoms with E-state index in [4.69, 9.17) is 4.98 Å². The van der Waals surface area contributed by atoms with Gasteiger partial charge in [0.15, 0.2) is 0 Å². The van der Waals surface area contributed by atoms with Crippen LogP contribution < -0.4 is 0 Å². The monoisotopic (exact) mass is 243 g/mol. The number of nitrogens with zero attached hydrogens (tertiary/aromatic N) is 2. The van der Waals surface area contributed by atoms with Gasteiger partial charge in [0.25, 0.3) is 0 Å². The first-order chi connectivity index (χ1) is 8.78. The van der Waals surface area contributed by atoms with Crippen LogP contribution >= 0.6 is 0 Å². The van der Waals surface area contributed by atoms with Crippen molar-refractivity contribution in [1.82, 2.24) is 14.9 Å². The van der Waals surface area contributed by atoms with E-state index in [0.29, 0.717) is 6.04 Å². The summed E-state index contributed by atoms with van der Waals surface area (Å²) in [4.78, 5) is 10.8. The normalized spacial score (nSPS) is 18.6. The molecule has 1 aromatic heterocycles. The summed E-state index contributed by atoms with van der Waals surface area (Å²) in [6.45, 7) is 6.81. The third-order valence-corrected chi connectivity index (χ3v) is 3.94. The van der Waals surface area contributed by atoms with Crippen molar-refractivity contribution in [3.05, 3.63) is 29.6 Å². The maximum atomic E-state index is 4.77. The highest BCUT2D eigenvalue weighted by Crippen LogP contribution is 2.27. The number of fused-ring (bicyclic) bond motifs is 1. The average Bonchev–Trinajstić information content (AvgIpc) is 2.98. The fourth-order valence-corrected chi connectivity index (χ4v) is 2.98. The number of H-pyrrole nitrogens is 1. The zero-order chi connectivity index (χ0) is 12.5. The molecule has 0 saturated carbocycles. The van der Waals surface area contributed by atoms with Crippen molar-refractivity contribution in [1.29, 1.82) is 0 Å². The quantitative estimate of drug-likeness (QED) is 0.895. The van der Waals surface area contributed by atoms with Gasteiger partial charge in [-0.15, -0.1) is 0 Å². The minimum absolute atomic E-state index is 0.459. The Labute approximate surface area is 108 Å². The minimum Gasteiger partial charge on any atom is -0.341 e. The predicted molar refractivity (Wildman–Crippen MR) is 74.7 cm³/mol. The van der Waals surface area contributed by atoms with Crippen LogP contribution in [0.5, 0.6) is 0 Å². The van der Waals surface area contributed by atoms with E-state index in [-0.39, 0.29) is 0 Å². The second kappa shape index (κ2) is 4.73. The van der Waals surface area contributed by atoms with Crippen molar-refractivity contribution in [2.45, 2.75) is 39.2 Å². The lowest BCUT2D eigenvalue weighted by atomic mass is 10.2. The molecule has 3 heteroatoms. The summed E-state index contributed by atoms with van der Waals surface area (Å²) in [6, 6.07) is 6.88. The maximum Gasteiger partial charge on any atom is 0.124 e. The fourth-order valence-electron chi connectivity index (χ4n) is 2.98. The van der Waals surface area contributed by atoms with Crippen molar-refractivity contribution in [3.8, 4) is 0 Å². The first-order valence-corrected chi connectivity index (χ1v) is 6.98. The summed E-state index contributed by atoms with van der Waals surface area (Å²) in [5, 5.41) is 0. The molecule has 1 aromatic carbocycles. The van der Waals surface area contributed by atoms with Gasteiger partial charge in [-0.1, -0.05) is 13.0 Å². The van der Waals surface area contributed by atoms with E-state index in [1.54, 1.807) is 0 Å². The molecule has 2 heterocycles. The number of likely N-dealkylation sites (tertiary alicyclic amines) is 1. The lowest BCUT2D eigenvalue weighted by Crippen LogP contribution is -2.25. The van der Waals surface area contributed by atoms with E-state index in [9.17, 15) is 0 Å². The SMILES string of the molecule is CCC(c1nc2ccc(C)cc2[nH]1)N1CCCC1. The molecule has 1 fully saturated rings. The Bertz CT molecular complexity index is 538. The van der Waals surface area contributed by atoms with Crippen LogP contribution in [0.3, 0.4) is 0 Å². The first-order valence-electron chi connectivity index (χ1n) is 6.98. The number of imidazole rings is 1. The number of aryl methyl sites for hydroxylation is 1. The third kappa shape index (κ3) is 2.03. The minimum atomic E-state index is 0.459. The van der Waals surface area contributed by atoms with E-state index >= 15 is 0 Å². The van der Waals surface area contributed by atoms with Gasteiger partial charge in [0.05, 0.1) is 17.1 Å². The van der Waals surface area contributed by atoms with Gasteiger partial charge in [-0.05, 0) is 57.0 Å². The van der Waals surface area contributed by atoms with E-state index in [0.717, 1.165) is 17.8 Å². The lowest BCUT2D eigenvalue weighted by molar-refractivity contribution is 0.231. The molecule has 0 amide bonds. The molecule has 2 aromatic rings. The highest BCUT2D eigenvalue weighted by Gasteiger charge is 2.24. The van der Waals surface area contributed by atoms with Crippen molar-refractivity contribution in [2.75, 3.05) is 13.1 Å². The number of rotatable bonds is 3. The zero-order valence-electron chi connectivity index (χ0n) is 11.2. The van der Waals surface area contributed by atoms with Crippen LogP contribution in [-0.2, 0) is 0 Å². The highest BCUT2D eigenvalue weighted by atomic mass is 15.2. The molecule has 3 nitrogen and oxygen atoms in total. The molecule has 1 unspecified atom stereocenters. The summed E-state index contributed by atoms with van der Waals surface area (Å²) >= 11 is 0. The van der Waals surface area contributed by atoms with Crippen LogP contribution in [0.4, 0.5) is 0 Å². The molecular weight excluding hydrogens is 222 g/mol. The summed E-state index contributed by atoms with van der Waals surface area (Å²) in [5.41, 5.74) is 3.54. The Balaban J connectivity index is 1.96. The molecule has 0 spiro atoms. The van der Waals surface area contributed by atoms with Crippen molar-refractivity contribution in [3.63, 3.8) is 0 Å². The standard InChI is InChI=1S/C15H21N3/c1-3-14(18-8-4-5-9-18)15-16-12-7-6-11(2)10-13(12)17-15/h6-7,10,14H,3-5,8-9H2,1-2H3,(H,16,17). The van der Waals surface area contributed by atoms with Crippen LogP contribution in [0, 0.1) is 6.92 Å². The summed E-state index contributed by atoms with van der Waals surface area (Å²) in [5.74, 6) is 1.14. The Morgan fingerprint density at radius 2 is 2.11 bits per heavy atom. The van der Waals surface area contributed by atoms with Crippen molar-refractivity contribution in [2.24, 2.45) is 0 Å². The number of aromatic nitrogens is 2. The average molecular weight is 243 g/mol. The number of hydrogen-bond acceptors (Lipinski definition) is 2. The third-order valence-electron chi connectivity index (χ3n) is 3.94. The lowest BCUT2D eigenvalue weighted by Gasteiger charge is -2.24. The number of benzene rings is 1. The number of hydrogen-bond donors (Lipinski definition) is 1. The van der Waals surface area contributed by atoms with Gasteiger partial charge in [-0.3, -0.25) is 4.90 Å². The second-order valence-electron chi connectivity index (χ2n) is 5.31. The molecule has 1 aliphatic heterocycles. The van der Waals surface area contributed by atoms with Gasteiger partial charge >= 0.3 is 0 Å². The van der Waals surface area contributed by atoms with Crippen molar-refractivity contribution >= 4 is 11.0 Å². The van der Waals surface area contributed by atoms with Crippen LogP contribution in [-0.4, -0.2) is 28.0 Å². The van der Waals surface area contributed by atoms with E-state index in [1.165, 1.54) is 37.0 Å². The Hall–Kier alpha value is -1.35. The number of aromatic amines is 1. The topological polar surface area (TPSA) is 31.9 Å². The van der Waals surface area contributed by atoms with Crippen LogP contribution in [0.15, 0.2) is 18.2 Å². The number of nitrogens with one attached hydrogen (secondary N) is 1. The molecule has 1 saturated heterocycles. The van der Waals surface area contributed by atoms with Gasteiger partial charge in [0, 0.05) is 0 Å². The largest absolute Gasteiger partial charge is 0.341 e.